The van der Waals surface area contributed by atoms with Crippen molar-refractivity contribution in [1.29, 1.82) is 0 Å². The molecule has 0 N–H and O–H groups in total. The smallest absolute Gasteiger partial charge is 0.168 e. The molecule has 1 aromatic rings. The molecule has 0 bridgehead atoms. The summed E-state index contributed by atoms with van der Waals surface area (Å²) in [4.78, 5) is 12.4. The first-order valence-electron chi connectivity index (χ1n) is 7.70. The van der Waals surface area contributed by atoms with Gasteiger partial charge in [-0.15, -0.1) is 0 Å². The van der Waals surface area contributed by atoms with Gasteiger partial charge in [-0.3, -0.25) is 4.79 Å². The summed E-state index contributed by atoms with van der Waals surface area (Å²) in [5.41, 5.74) is 0.396. The van der Waals surface area contributed by atoms with Gasteiger partial charge < -0.3 is 0 Å². The number of benzene rings is 1. The zero-order chi connectivity index (χ0) is 15.8. The van der Waals surface area contributed by atoms with Crippen LogP contribution in [0.1, 0.15) is 62.4 Å². The molecule has 1 aliphatic rings. The third-order valence-corrected chi connectivity index (χ3v) is 4.84. The van der Waals surface area contributed by atoms with E-state index in [1.54, 1.807) is 0 Å². The number of ketones is 1. The van der Waals surface area contributed by atoms with Crippen LogP contribution in [0.5, 0.6) is 0 Å². The Kier molecular flexibility index (Phi) is 4.50. The fourth-order valence-corrected chi connectivity index (χ4v) is 3.28. The Balaban J connectivity index is 2.11. The van der Waals surface area contributed by atoms with Crippen LogP contribution in [0, 0.1) is 35.8 Å². The van der Waals surface area contributed by atoms with Crippen molar-refractivity contribution in [3.63, 3.8) is 0 Å². The van der Waals surface area contributed by atoms with E-state index in [9.17, 15) is 13.6 Å². The highest BCUT2D eigenvalue weighted by Crippen LogP contribution is 2.40. The van der Waals surface area contributed by atoms with E-state index in [-0.39, 0.29) is 28.2 Å². The number of Topliss-reactive ketones (excluding diaryl/α,β-unsaturated/α-hetero) is 1. The lowest BCUT2D eigenvalue weighted by Crippen LogP contribution is -2.29. The molecule has 0 aromatic heterocycles. The summed E-state index contributed by atoms with van der Waals surface area (Å²) < 4.78 is 27.5. The van der Waals surface area contributed by atoms with Crippen molar-refractivity contribution < 1.29 is 13.6 Å². The third-order valence-electron chi connectivity index (χ3n) is 4.84. The number of hydrogen-bond donors (Lipinski definition) is 0. The van der Waals surface area contributed by atoms with Crippen molar-refractivity contribution in [3.05, 3.63) is 34.9 Å². The number of rotatable bonds is 2. The van der Waals surface area contributed by atoms with Crippen molar-refractivity contribution in [2.45, 2.75) is 53.4 Å². The van der Waals surface area contributed by atoms with Crippen LogP contribution >= 0.6 is 0 Å². The van der Waals surface area contributed by atoms with Crippen LogP contribution in [0.3, 0.4) is 0 Å². The first-order chi connectivity index (χ1) is 9.70. The number of hydrogen-bond acceptors (Lipinski definition) is 1. The SMILES string of the molecule is Cc1cc(F)c(C(=O)C2CCC(C(C)(C)C)CC2)cc1F. The summed E-state index contributed by atoms with van der Waals surface area (Å²) in [5, 5.41) is 0. The second-order valence-electron chi connectivity index (χ2n) is 7.36. The highest BCUT2D eigenvalue weighted by atomic mass is 19.1. The molecule has 0 amide bonds. The molecular weight excluding hydrogens is 270 g/mol. The van der Waals surface area contributed by atoms with E-state index < -0.39 is 11.6 Å². The van der Waals surface area contributed by atoms with E-state index in [2.05, 4.69) is 20.8 Å². The van der Waals surface area contributed by atoms with Crippen LogP contribution in [-0.4, -0.2) is 5.78 Å². The minimum Gasteiger partial charge on any atom is -0.294 e. The normalized spacial score (nSPS) is 23.1. The van der Waals surface area contributed by atoms with E-state index in [4.69, 9.17) is 0 Å². The van der Waals surface area contributed by atoms with Gasteiger partial charge in [0.1, 0.15) is 11.6 Å². The largest absolute Gasteiger partial charge is 0.294 e. The third kappa shape index (κ3) is 3.50. The molecule has 1 aliphatic carbocycles. The van der Waals surface area contributed by atoms with Gasteiger partial charge in [0, 0.05) is 5.92 Å². The number of aryl methyl sites for hydroxylation is 1. The lowest BCUT2D eigenvalue weighted by Gasteiger charge is -2.36. The molecule has 1 aromatic carbocycles. The lowest BCUT2D eigenvalue weighted by molar-refractivity contribution is 0.0815. The van der Waals surface area contributed by atoms with Gasteiger partial charge in [0.15, 0.2) is 5.78 Å². The molecule has 0 spiro atoms. The van der Waals surface area contributed by atoms with Crippen molar-refractivity contribution in [1.82, 2.24) is 0 Å². The monoisotopic (exact) mass is 294 g/mol. The van der Waals surface area contributed by atoms with Gasteiger partial charge >= 0.3 is 0 Å². The highest BCUT2D eigenvalue weighted by molar-refractivity contribution is 5.98. The van der Waals surface area contributed by atoms with E-state index in [0.29, 0.717) is 5.92 Å². The fraction of sp³-hybridized carbons (Fsp3) is 0.611. The minimum atomic E-state index is -0.600. The fourth-order valence-electron chi connectivity index (χ4n) is 3.28. The zero-order valence-electron chi connectivity index (χ0n) is 13.3. The van der Waals surface area contributed by atoms with Gasteiger partial charge in [0.2, 0.25) is 0 Å². The summed E-state index contributed by atoms with van der Waals surface area (Å²) in [6, 6.07) is 2.17. The predicted octanol–water partition coefficient (Wildman–Crippen LogP) is 5.31. The number of carbonyl (C=O) groups excluding carboxylic acids is 1. The minimum absolute atomic E-state index is 0.0858. The Bertz CT molecular complexity index is 535. The first-order valence-corrected chi connectivity index (χ1v) is 7.70. The molecule has 116 valence electrons. The van der Waals surface area contributed by atoms with Crippen LogP contribution in [-0.2, 0) is 0 Å². The molecule has 21 heavy (non-hydrogen) atoms. The van der Waals surface area contributed by atoms with E-state index in [1.807, 2.05) is 0 Å². The summed E-state index contributed by atoms with van der Waals surface area (Å²) >= 11 is 0. The summed E-state index contributed by atoms with van der Waals surface area (Å²) in [6.45, 7) is 8.15. The Morgan fingerprint density at radius 2 is 1.62 bits per heavy atom. The molecule has 0 aliphatic heterocycles. The highest BCUT2D eigenvalue weighted by Gasteiger charge is 2.33. The quantitative estimate of drug-likeness (QED) is 0.676. The van der Waals surface area contributed by atoms with Crippen LogP contribution < -0.4 is 0 Å². The first kappa shape index (κ1) is 16.1. The topological polar surface area (TPSA) is 17.1 Å². The van der Waals surface area contributed by atoms with E-state index in [1.165, 1.54) is 6.92 Å². The molecule has 0 heterocycles. The Morgan fingerprint density at radius 3 is 2.14 bits per heavy atom. The maximum atomic E-state index is 13.9. The average Bonchev–Trinajstić information content (AvgIpc) is 2.41. The average molecular weight is 294 g/mol. The molecule has 1 saturated carbocycles. The summed E-state index contributed by atoms with van der Waals surface area (Å²) in [7, 11) is 0. The molecule has 3 heteroatoms. The molecule has 1 nitrogen and oxygen atoms in total. The maximum Gasteiger partial charge on any atom is 0.168 e. The molecule has 0 radical (unpaired) electrons. The number of carbonyl (C=O) groups is 1. The molecule has 1 fully saturated rings. The molecule has 0 atom stereocenters. The van der Waals surface area contributed by atoms with Gasteiger partial charge in [-0.2, -0.15) is 0 Å². The summed E-state index contributed by atoms with van der Waals surface area (Å²) in [6.07, 6.45) is 3.51. The van der Waals surface area contributed by atoms with Crippen molar-refractivity contribution in [2.75, 3.05) is 0 Å². The standard InChI is InChI=1S/C18H24F2O/c1-11-9-16(20)14(10-15(11)19)17(21)12-5-7-13(8-6-12)18(2,3)4/h9-10,12-13H,5-8H2,1-4H3. The van der Waals surface area contributed by atoms with Crippen LogP contribution in [0.25, 0.3) is 0 Å². The molecule has 0 saturated heterocycles. The van der Waals surface area contributed by atoms with E-state index in [0.717, 1.165) is 37.8 Å². The van der Waals surface area contributed by atoms with Gasteiger partial charge in [0.05, 0.1) is 5.56 Å². The van der Waals surface area contributed by atoms with Crippen LogP contribution in [0.4, 0.5) is 8.78 Å². The second kappa shape index (κ2) is 5.86. The van der Waals surface area contributed by atoms with Gasteiger partial charge in [-0.05, 0) is 61.6 Å². The molecule has 0 unspecified atom stereocenters. The maximum absolute atomic E-state index is 13.9. The van der Waals surface area contributed by atoms with Crippen molar-refractivity contribution in [2.24, 2.45) is 17.3 Å². The Labute approximate surface area is 125 Å². The van der Waals surface area contributed by atoms with E-state index >= 15 is 0 Å². The predicted molar refractivity (Wildman–Crippen MR) is 80.3 cm³/mol. The summed E-state index contributed by atoms with van der Waals surface area (Å²) in [5.74, 6) is -0.917. The van der Waals surface area contributed by atoms with Crippen molar-refractivity contribution >= 4 is 5.78 Å². The number of halogens is 2. The Morgan fingerprint density at radius 1 is 1.05 bits per heavy atom. The van der Waals surface area contributed by atoms with Crippen LogP contribution in [0.2, 0.25) is 0 Å². The van der Waals surface area contributed by atoms with Gasteiger partial charge in [-0.25, -0.2) is 8.78 Å². The lowest BCUT2D eigenvalue weighted by atomic mass is 9.68. The second-order valence-corrected chi connectivity index (χ2v) is 7.36. The van der Waals surface area contributed by atoms with Crippen molar-refractivity contribution in [3.8, 4) is 0 Å². The Hall–Kier alpha value is -1.25. The van der Waals surface area contributed by atoms with Gasteiger partial charge in [0.25, 0.3) is 0 Å². The van der Waals surface area contributed by atoms with Gasteiger partial charge in [-0.1, -0.05) is 20.8 Å². The zero-order valence-corrected chi connectivity index (χ0v) is 13.3. The van der Waals surface area contributed by atoms with Crippen LogP contribution in [0.15, 0.2) is 12.1 Å². The molecule has 2 rings (SSSR count). The molecular formula is C18H24F2O.